The number of anilines is 2. The van der Waals surface area contributed by atoms with Crippen molar-refractivity contribution in [3.8, 4) is 0 Å². The molecule has 8 heteroatoms. The fraction of sp³-hybridized carbons (Fsp3) is 0.385. The molecule has 0 aliphatic carbocycles. The minimum absolute atomic E-state index is 0.188. The van der Waals surface area contributed by atoms with Crippen LogP contribution >= 0.6 is 0 Å². The normalized spacial score (nSPS) is 11.0. The Morgan fingerprint density at radius 3 is 2.24 bits per heavy atom. The molecule has 0 heterocycles. The van der Waals surface area contributed by atoms with Crippen molar-refractivity contribution in [2.24, 2.45) is 0 Å². The third kappa shape index (κ3) is 7.31. The van der Waals surface area contributed by atoms with Crippen molar-refractivity contribution in [3.63, 3.8) is 0 Å². The Labute approximate surface area is 119 Å². The second-order valence-electron chi connectivity index (χ2n) is 4.14. The lowest BCUT2D eigenvalue weighted by Gasteiger charge is -2.09. The number of rotatable bonds is 6. The molecule has 21 heavy (non-hydrogen) atoms. The van der Waals surface area contributed by atoms with Crippen molar-refractivity contribution >= 4 is 23.2 Å². The van der Waals surface area contributed by atoms with Crippen LogP contribution in [0.2, 0.25) is 0 Å². The number of nitrogens with one attached hydrogen (secondary N) is 2. The summed E-state index contributed by atoms with van der Waals surface area (Å²) < 4.78 is 39.8. The molecule has 0 fully saturated rings. The van der Waals surface area contributed by atoms with Gasteiger partial charge in [0.25, 0.3) is 0 Å². The fourth-order valence-electron chi connectivity index (χ4n) is 1.38. The van der Waals surface area contributed by atoms with Crippen LogP contribution in [-0.4, -0.2) is 31.2 Å². The molecule has 0 saturated carbocycles. The van der Waals surface area contributed by atoms with Crippen molar-refractivity contribution in [3.05, 3.63) is 24.3 Å². The van der Waals surface area contributed by atoms with Gasteiger partial charge in [-0.15, -0.1) is 0 Å². The predicted octanol–water partition coefficient (Wildman–Crippen LogP) is 2.55. The van der Waals surface area contributed by atoms with Crippen LogP contribution in [0.3, 0.4) is 0 Å². The number of amides is 2. The van der Waals surface area contributed by atoms with Crippen LogP contribution in [-0.2, 0) is 14.3 Å². The first-order valence-electron chi connectivity index (χ1n) is 6.14. The maximum absolute atomic E-state index is 11.8. The zero-order chi connectivity index (χ0) is 15.9. The molecule has 2 N–H and O–H groups in total. The van der Waals surface area contributed by atoms with Crippen molar-refractivity contribution < 1.29 is 27.5 Å². The standard InChI is InChI=1S/C13H15F3N2O3/c1-2-11(19)17-9-4-3-5-10(6-9)18-12(20)7-21-8-13(14,15)16/h3-6H,2,7-8H2,1H3,(H,17,19)(H,18,20). The van der Waals surface area contributed by atoms with Crippen LogP contribution in [0.1, 0.15) is 13.3 Å². The van der Waals surface area contributed by atoms with Gasteiger partial charge < -0.3 is 15.4 Å². The van der Waals surface area contributed by atoms with Gasteiger partial charge >= 0.3 is 6.18 Å². The summed E-state index contributed by atoms with van der Waals surface area (Å²) in [4.78, 5) is 22.6. The summed E-state index contributed by atoms with van der Waals surface area (Å²) in [5.41, 5.74) is 0.834. The van der Waals surface area contributed by atoms with E-state index in [1.807, 2.05) is 0 Å². The largest absolute Gasteiger partial charge is 0.411 e. The van der Waals surface area contributed by atoms with E-state index in [-0.39, 0.29) is 5.91 Å². The molecule has 5 nitrogen and oxygen atoms in total. The smallest absolute Gasteiger partial charge is 0.362 e. The van der Waals surface area contributed by atoms with Crippen LogP contribution < -0.4 is 10.6 Å². The molecular weight excluding hydrogens is 289 g/mol. The van der Waals surface area contributed by atoms with Gasteiger partial charge in [-0.2, -0.15) is 13.2 Å². The summed E-state index contributed by atoms with van der Waals surface area (Å²) in [6, 6.07) is 6.26. The van der Waals surface area contributed by atoms with Gasteiger partial charge in [0.05, 0.1) is 0 Å². The molecule has 1 aromatic rings. The van der Waals surface area contributed by atoms with Crippen LogP contribution in [0.4, 0.5) is 24.5 Å². The number of hydrogen-bond donors (Lipinski definition) is 2. The molecule has 1 aromatic carbocycles. The van der Waals surface area contributed by atoms with E-state index in [1.165, 1.54) is 6.07 Å². The average molecular weight is 304 g/mol. The summed E-state index contributed by atoms with van der Waals surface area (Å²) in [5, 5.41) is 4.98. The summed E-state index contributed by atoms with van der Waals surface area (Å²) in [6.45, 7) is -0.489. The lowest BCUT2D eigenvalue weighted by atomic mass is 10.2. The Morgan fingerprint density at radius 1 is 1.14 bits per heavy atom. The predicted molar refractivity (Wildman–Crippen MR) is 70.9 cm³/mol. The molecule has 1 rings (SSSR count). The summed E-state index contributed by atoms with van der Waals surface area (Å²) in [5.74, 6) is -0.898. The van der Waals surface area contributed by atoms with Crippen LogP contribution in [0, 0.1) is 0 Å². The van der Waals surface area contributed by atoms with Gasteiger partial charge in [0.15, 0.2) is 0 Å². The minimum atomic E-state index is -4.47. The van der Waals surface area contributed by atoms with Gasteiger partial charge in [0.2, 0.25) is 11.8 Å². The van der Waals surface area contributed by atoms with Gasteiger partial charge in [-0.1, -0.05) is 13.0 Å². The Morgan fingerprint density at radius 2 is 1.71 bits per heavy atom. The van der Waals surface area contributed by atoms with Gasteiger partial charge in [-0.05, 0) is 18.2 Å². The second-order valence-corrected chi connectivity index (χ2v) is 4.14. The summed E-state index contributed by atoms with van der Waals surface area (Å²) in [7, 11) is 0. The number of hydrogen-bond acceptors (Lipinski definition) is 3. The highest BCUT2D eigenvalue weighted by atomic mass is 19.4. The second kappa shape index (κ2) is 7.63. The van der Waals surface area contributed by atoms with Gasteiger partial charge in [-0.25, -0.2) is 0 Å². The highest BCUT2D eigenvalue weighted by Crippen LogP contribution is 2.16. The van der Waals surface area contributed by atoms with Crippen LogP contribution in [0.15, 0.2) is 24.3 Å². The molecule has 116 valence electrons. The zero-order valence-electron chi connectivity index (χ0n) is 11.3. The Hall–Kier alpha value is -2.09. The van der Waals surface area contributed by atoms with Gasteiger partial charge in [0, 0.05) is 17.8 Å². The molecule has 0 atom stereocenters. The zero-order valence-corrected chi connectivity index (χ0v) is 11.3. The molecule has 0 aliphatic rings. The Kier molecular flexibility index (Phi) is 6.16. The lowest BCUT2D eigenvalue weighted by molar-refractivity contribution is -0.174. The number of carbonyl (C=O) groups is 2. The quantitative estimate of drug-likeness (QED) is 0.848. The topological polar surface area (TPSA) is 67.4 Å². The first kappa shape index (κ1) is 17.0. The highest BCUT2D eigenvalue weighted by Gasteiger charge is 2.27. The maximum Gasteiger partial charge on any atom is 0.411 e. The van der Waals surface area contributed by atoms with E-state index in [9.17, 15) is 22.8 Å². The lowest BCUT2D eigenvalue weighted by Crippen LogP contribution is -2.24. The van der Waals surface area contributed by atoms with Gasteiger partial charge in [-0.3, -0.25) is 9.59 Å². The molecule has 0 aliphatic heterocycles. The summed E-state index contributed by atoms with van der Waals surface area (Å²) >= 11 is 0. The molecule has 0 spiro atoms. The summed E-state index contributed by atoms with van der Waals surface area (Å²) in [6.07, 6.45) is -4.16. The first-order chi connectivity index (χ1) is 9.80. The van der Waals surface area contributed by atoms with Gasteiger partial charge in [0.1, 0.15) is 13.2 Å². The molecular formula is C13H15F3N2O3. The maximum atomic E-state index is 11.8. The van der Waals surface area contributed by atoms with E-state index in [4.69, 9.17) is 0 Å². The number of halogens is 3. The average Bonchev–Trinajstić information content (AvgIpc) is 2.37. The van der Waals surface area contributed by atoms with E-state index in [0.29, 0.717) is 17.8 Å². The van der Waals surface area contributed by atoms with Crippen LogP contribution in [0.5, 0.6) is 0 Å². The fourth-order valence-corrected chi connectivity index (χ4v) is 1.38. The van der Waals surface area contributed by atoms with Crippen molar-refractivity contribution in [2.45, 2.75) is 19.5 Å². The molecule has 0 saturated heterocycles. The number of alkyl halides is 3. The molecule has 0 aromatic heterocycles. The number of benzene rings is 1. The molecule has 0 bridgehead atoms. The monoisotopic (exact) mass is 304 g/mol. The Balaban J connectivity index is 2.49. The highest BCUT2D eigenvalue weighted by molar-refractivity contribution is 5.94. The SMILES string of the molecule is CCC(=O)Nc1cccc(NC(=O)COCC(F)(F)F)c1. The van der Waals surface area contributed by atoms with E-state index < -0.39 is 25.3 Å². The molecule has 0 radical (unpaired) electrons. The van der Waals surface area contributed by atoms with Crippen molar-refractivity contribution in [1.29, 1.82) is 0 Å². The van der Waals surface area contributed by atoms with E-state index in [2.05, 4.69) is 15.4 Å². The number of ether oxygens (including phenoxy) is 1. The van der Waals surface area contributed by atoms with Crippen LogP contribution in [0.25, 0.3) is 0 Å². The Bertz CT molecular complexity index is 504. The van der Waals surface area contributed by atoms with E-state index in [1.54, 1.807) is 25.1 Å². The number of carbonyl (C=O) groups excluding carboxylic acids is 2. The first-order valence-corrected chi connectivity index (χ1v) is 6.14. The third-order valence-electron chi connectivity index (χ3n) is 2.25. The van der Waals surface area contributed by atoms with E-state index >= 15 is 0 Å². The minimum Gasteiger partial charge on any atom is -0.362 e. The van der Waals surface area contributed by atoms with Crippen molar-refractivity contribution in [2.75, 3.05) is 23.8 Å². The van der Waals surface area contributed by atoms with Crippen molar-refractivity contribution in [1.82, 2.24) is 0 Å². The third-order valence-corrected chi connectivity index (χ3v) is 2.25. The molecule has 2 amide bonds. The molecule has 0 unspecified atom stereocenters. The van der Waals surface area contributed by atoms with E-state index in [0.717, 1.165) is 0 Å².